The first-order chi connectivity index (χ1) is 18.0. The summed E-state index contributed by atoms with van der Waals surface area (Å²) in [5, 5.41) is 5.87. The molecule has 2 aromatic heterocycles. The Kier molecular flexibility index (Phi) is 5.56. The van der Waals surface area contributed by atoms with E-state index in [9.17, 15) is 19.2 Å². The lowest BCUT2D eigenvalue weighted by Crippen LogP contribution is -2.43. The largest absolute Gasteiger partial charge is 0.338 e. The monoisotopic (exact) mass is 496 g/mol. The van der Waals surface area contributed by atoms with E-state index in [1.807, 2.05) is 36.4 Å². The van der Waals surface area contributed by atoms with E-state index in [4.69, 9.17) is 0 Å². The highest BCUT2D eigenvalue weighted by Crippen LogP contribution is 2.29. The van der Waals surface area contributed by atoms with Crippen molar-refractivity contribution in [1.29, 1.82) is 0 Å². The quantitative estimate of drug-likeness (QED) is 0.449. The number of amides is 3. The molecule has 0 unspecified atom stereocenters. The molecule has 0 spiro atoms. The molecule has 2 aromatic carbocycles. The minimum absolute atomic E-state index is 0.00782. The minimum atomic E-state index is -0.295. The Balaban J connectivity index is 1.17. The maximum Gasteiger partial charge on any atom is 0.277 e. The van der Waals surface area contributed by atoms with Crippen molar-refractivity contribution in [2.75, 3.05) is 23.3 Å². The lowest BCUT2D eigenvalue weighted by molar-refractivity contribution is -0.134. The number of anilines is 2. The van der Waals surface area contributed by atoms with Gasteiger partial charge < -0.3 is 15.1 Å². The third kappa shape index (κ3) is 4.16. The second-order valence-corrected chi connectivity index (χ2v) is 9.18. The molecule has 3 amide bonds. The zero-order chi connectivity index (χ0) is 25.5. The molecule has 0 aliphatic carbocycles. The topological polar surface area (TPSA) is 120 Å². The van der Waals surface area contributed by atoms with Crippen molar-refractivity contribution < 1.29 is 14.4 Å². The second kappa shape index (κ2) is 9.05. The number of nitrogens with zero attached hydrogens (tertiary/aromatic N) is 4. The first-order valence-corrected chi connectivity index (χ1v) is 12.1. The van der Waals surface area contributed by atoms with Gasteiger partial charge in [-0.1, -0.05) is 42.5 Å². The molecular weight excluding hydrogens is 472 g/mol. The second-order valence-electron chi connectivity index (χ2n) is 9.18. The van der Waals surface area contributed by atoms with E-state index in [1.54, 1.807) is 29.2 Å². The van der Waals surface area contributed by atoms with Crippen LogP contribution in [-0.4, -0.2) is 50.3 Å². The molecule has 37 heavy (non-hydrogen) atoms. The maximum absolute atomic E-state index is 13.3. The molecule has 2 aliphatic rings. The molecule has 6 rings (SSSR count). The summed E-state index contributed by atoms with van der Waals surface area (Å²) in [4.78, 5) is 58.9. The lowest BCUT2D eigenvalue weighted by atomic mass is 10.1. The van der Waals surface area contributed by atoms with Gasteiger partial charge in [-0.3, -0.25) is 24.3 Å². The van der Waals surface area contributed by atoms with Crippen molar-refractivity contribution in [1.82, 2.24) is 19.5 Å². The SMILES string of the molecule is O=C1CN(C(=O)CCC(=O)N2CCc3nc4cc(-c5ccccc5)[nH]n4c(=O)c3C2)c2ccccc2N1. The highest BCUT2D eigenvalue weighted by atomic mass is 16.2. The van der Waals surface area contributed by atoms with Crippen molar-refractivity contribution in [3.63, 3.8) is 0 Å². The number of rotatable bonds is 4. The highest BCUT2D eigenvalue weighted by Gasteiger charge is 2.29. The number of fused-ring (bicyclic) bond motifs is 3. The third-order valence-electron chi connectivity index (χ3n) is 6.82. The van der Waals surface area contributed by atoms with E-state index in [0.29, 0.717) is 41.2 Å². The Labute approximate surface area is 211 Å². The van der Waals surface area contributed by atoms with E-state index < -0.39 is 0 Å². The zero-order valence-corrected chi connectivity index (χ0v) is 19.9. The van der Waals surface area contributed by atoms with Gasteiger partial charge in [0.15, 0.2) is 5.65 Å². The summed E-state index contributed by atoms with van der Waals surface area (Å²) in [5.41, 5.74) is 4.41. The Morgan fingerprint density at radius 1 is 0.919 bits per heavy atom. The number of nitrogens with one attached hydrogen (secondary N) is 2. The average molecular weight is 497 g/mol. The average Bonchev–Trinajstić information content (AvgIpc) is 3.36. The van der Waals surface area contributed by atoms with Gasteiger partial charge in [0.1, 0.15) is 6.54 Å². The van der Waals surface area contributed by atoms with Gasteiger partial charge in [-0.2, -0.15) is 0 Å². The van der Waals surface area contributed by atoms with Gasteiger partial charge in [-0.05, 0) is 17.7 Å². The molecule has 2 aliphatic heterocycles. The van der Waals surface area contributed by atoms with Crippen molar-refractivity contribution in [2.45, 2.75) is 25.8 Å². The molecule has 10 heteroatoms. The number of aromatic amines is 1. The van der Waals surface area contributed by atoms with Gasteiger partial charge in [0, 0.05) is 31.9 Å². The number of hydrogen-bond donors (Lipinski definition) is 2. The Morgan fingerprint density at radius 2 is 1.68 bits per heavy atom. The van der Waals surface area contributed by atoms with Gasteiger partial charge in [-0.15, -0.1) is 0 Å². The standard InChI is InChI=1S/C27H24N6O4/c34-24-16-32(22-9-5-4-8-20(22)29-24)26(36)11-10-25(35)31-13-12-19-18(15-31)27(37)33-23(28-19)14-21(30-33)17-6-2-1-3-7-17/h1-9,14,30H,10-13,15-16H2,(H,29,34). The fraction of sp³-hybridized carbons (Fsp3) is 0.222. The van der Waals surface area contributed by atoms with Gasteiger partial charge in [0.05, 0.1) is 34.9 Å². The molecule has 10 nitrogen and oxygen atoms in total. The molecule has 0 fully saturated rings. The molecule has 0 atom stereocenters. The Bertz CT molecular complexity index is 1610. The number of carbonyl (C=O) groups is 3. The van der Waals surface area contributed by atoms with Crippen LogP contribution in [0.5, 0.6) is 0 Å². The van der Waals surface area contributed by atoms with Gasteiger partial charge >= 0.3 is 0 Å². The van der Waals surface area contributed by atoms with Crippen LogP contribution in [0.4, 0.5) is 11.4 Å². The third-order valence-corrected chi connectivity index (χ3v) is 6.82. The first kappa shape index (κ1) is 22.7. The van der Waals surface area contributed by atoms with Crippen LogP contribution in [0.1, 0.15) is 24.1 Å². The summed E-state index contributed by atoms with van der Waals surface area (Å²) in [6, 6.07) is 18.6. The normalized spacial score (nSPS) is 14.8. The maximum atomic E-state index is 13.3. The summed E-state index contributed by atoms with van der Waals surface area (Å²) in [6.45, 7) is 0.486. The van der Waals surface area contributed by atoms with Crippen LogP contribution in [-0.2, 0) is 27.3 Å². The Morgan fingerprint density at radius 3 is 2.51 bits per heavy atom. The lowest BCUT2D eigenvalue weighted by Gasteiger charge is -2.30. The molecule has 4 aromatic rings. The molecule has 4 heterocycles. The molecular formula is C27H24N6O4. The van der Waals surface area contributed by atoms with E-state index in [-0.39, 0.29) is 49.2 Å². The summed E-state index contributed by atoms with van der Waals surface area (Å²) < 4.78 is 1.41. The van der Waals surface area contributed by atoms with Crippen molar-refractivity contribution in [3.8, 4) is 11.3 Å². The van der Waals surface area contributed by atoms with Crippen LogP contribution in [0, 0.1) is 0 Å². The fourth-order valence-corrected chi connectivity index (χ4v) is 4.92. The minimum Gasteiger partial charge on any atom is -0.338 e. The number of H-pyrrole nitrogens is 1. The molecule has 2 N–H and O–H groups in total. The first-order valence-electron chi connectivity index (χ1n) is 12.1. The van der Waals surface area contributed by atoms with Gasteiger partial charge in [0.2, 0.25) is 17.7 Å². The van der Waals surface area contributed by atoms with Crippen molar-refractivity contribution in [3.05, 3.63) is 82.3 Å². The number of aromatic nitrogens is 3. The van der Waals surface area contributed by atoms with Gasteiger partial charge in [0.25, 0.3) is 5.56 Å². The smallest absolute Gasteiger partial charge is 0.277 e. The zero-order valence-electron chi connectivity index (χ0n) is 19.9. The molecule has 0 radical (unpaired) electrons. The van der Waals surface area contributed by atoms with Crippen LogP contribution < -0.4 is 15.8 Å². The predicted octanol–water partition coefficient (Wildman–Crippen LogP) is 2.34. The van der Waals surface area contributed by atoms with Crippen LogP contribution in [0.15, 0.2) is 65.5 Å². The number of carbonyl (C=O) groups excluding carboxylic acids is 3. The van der Waals surface area contributed by atoms with Gasteiger partial charge in [-0.25, -0.2) is 9.50 Å². The number of benzene rings is 2. The number of hydrogen-bond acceptors (Lipinski definition) is 5. The molecule has 186 valence electrons. The van der Waals surface area contributed by atoms with Crippen LogP contribution in [0.2, 0.25) is 0 Å². The van der Waals surface area contributed by atoms with Crippen LogP contribution >= 0.6 is 0 Å². The highest BCUT2D eigenvalue weighted by molar-refractivity contribution is 6.10. The summed E-state index contributed by atoms with van der Waals surface area (Å²) in [6.07, 6.45) is 0.426. The fourth-order valence-electron chi connectivity index (χ4n) is 4.92. The summed E-state index contributed by atoms with van der Waals surface area (Å²) >= 11 is 0. The Hall–Kier alpha value is -4.73. The predicted molar refractivity (Wildman–Crippen MR) is 137 cm³/mol. The van der Waals surface area contributed by atoms with Crippen molar-refractivity contribution >= 4 is 34.7 Å². The molecule has 0 saturated heterocycles. The van der Waals surface area contributed by atoms with Crippen molar-refractivity contribution in [2.24, 2.45) is 0 Å². The summed E-state index contributed by atoms with van der Waals surface area (Å²) in [5.74, 6) is -0.781. The number of para-hydroxylation sites is 2. The van der Waals surface area contributed by atoms with E-state index >= 15 is 0 Å². The summed E-state index contributed by atoms with van der Waals surface area (Å²) in [7, 11) is 0. The molecule has 0 saturated carbocycles. The van der Waals surface area contributed by atoms with E-state index in [2.05, 4.69) is 15.4 Å². The van der Waals surface area contributed by atoms with Crippen LogP contribution in [0.25, 0.3) is 16.9 Å². The van der Waals surface area contributed by atoms with Crippen LogP contribution in [0.3, 0.4) is 0 Å². The van der Waals surface area contributed by atoms with E-state index in [0.717, 1.165) is 11.3 Å². The molecule has 0 bridgehead atoms. The van der Waals surface area contributed by atoms with E-state index in [1.165, 1.54) is 9.42 Å².